The van der Waals surface area contributed by atoms with Crippen LogP contribution in [0.4, 0.5) is 5.82 Å². The molecule has 0 saturated heterocycles. The van der Waals surface area contributed by atoms with Gasteiger partial charge in [0.05, 0.1) is 6.33 Å². The number of rotatable bonds is 7. The lowest BCUT2D eigenvalue weighted by atomic mass is 10.3. The Labute approximate surface area is 122 Å². The number of hydrogen-bond donors (Lipinski definition) is 3. The van der Waals surface area contributed by atoms with Gasteiger partial charge in [-0.1, -0.05) is 6.07 Å². The molecule has 7 heteroatoms. The first-order chi connectivity index (χ1) is 10.4. The molecule has 0 aliphatic carbocycles. The van der Waals surface area contributed by atoms with E-state index >= 15 is 0 Å². The Morgan fingerprint density at radius 2 is 2.14 bits per heavy atom. The van der Waals surface area contributed by atoms with Gasteiger partial charge in [-0.05, 0) is 24.6 Å². The highest BCUT2D eigenvalue weighted by atomic mass is 15.1. The zero-order chi connectivity index (χ0) is 14.3. The maximum atomic E-state index is 4.22. The third kappa shape index (κ3) is 3.51. The number of hydrogen-bond acceptors (Lipinski definition) is 6. The SMILES string of the molecule is c1cncc(CNCCCNc2ncnc3nc[nH]c23)c1. The molecule has 0 fully saturated rings. The highest BCUT2D eigenvalue weighted by Gasteiger charge is 2.04. The van der Waals surface area contributed by atoms with Crippen LogP contribution < -0.4 is 10.6 Å². The largest absolute Gasteiger partial charge is 0.368 e. The summed E-state index contributed by atoms with van der Waals surface area (Å²) in [6.45, 7) is 2.61. The lowest BCUT2D eigenvalue weighted by molar-refractivity contribution is 0.661. The first-order valence-corrected chi connectivity index (χ1v) is 6.91. The number of nitrogens with zero attached hydrogens (tertiary/aromatic N) is 4. The molecule has 0 bridgehead atoms. The molecule has 3 rings (SSSR count). The summed E-state index contributed by atoms with van der Waals surface area (Å²) in [5, 5.41) is 6.68. The first-order valence-electron chi connectivity index (χ1n) is 6.91. The number of anilines is 1. The number of fused-ring (bicyclic) bond motifs is 1. The average molecular weight is 283 g/mol. The zero-order valence-corrected chi connectivity index (χ0v) is 11.6. The minimum atomic E-state index is 0.683. The molecule has 0 aliphatic heterocycles. The summed E-state index contributed by atoms with van der Waals surface area (Å²) in [6, 6.07) is 4.01. The van der Waals surface area contributed by atoms with Crippen molar-refractivity contribution in [1.29, 1.82) is 0 Å². The number of aromatic amines is 1. The van der Waals surface area contributed by atoms with Crippen molar-refractivity contribution in [1.82, 2.24) is 30.2 Å². The second kappa shape index (κ2) is 6.76. The molecule has 0 saturated carbocycles. The van der Waals surface area contributed by atoms with Crippen LogP contribution in [0.1, 0.15) is 12.0 Å². The van der Waals surface area contributed by atoms with Gasteiger partial charge in [0, 0.05) is 25.5 Å². The number of imidazole rings is 1. The average Bonchev–Trinajstić information content (AvgIpc) is 3.01. The fourth-order valence-corrected chi connectivity index (χ4v) is 2.05. The Hall–Kier alpha value is -2.54. The molecule has 7 nitrogen and oxygen atoms in total. The van der Waals surface area contributed by atoms with Crippen LogP contribution in [-0.2, 0) is 6.54 Å². The predicted octanol–water partition coefficient (Wildman–Crippen LogP) is 1.34. The van der Waals surface area contributed by atoms with E-state index < -0.39 is 0 Å². The van der Waals surface area contributed by atoms with E-state index in [1.807, 2.05) is 12.3 Å². The number of aromatic nitrogens is 5. The third-order valence-corrected chi connectivity index (χ3v) is 3.10. The molecule has 0 amide bonds. The van der Waals surface area contributed by atoms with Crippen molar-refractivity contribution < 1.29 is 0 Å². The van der Waals surface area contributed by atoms with Gasteiger partial charge < -0.3 is 15.6 Å². The van der Waals surface area contributed by atoms with E-state index in [1.165, 1.54) is 11.9 Å². The maximum Gasteiger partial charge on any atom is 0.182 e. The van der Waals surface area contributed by atoms with Gasteiger partial charge in [0.25, 0.3) is 0 Å². The summed E-state index contributed by atoms with van der Waals surface area (Å²) in [4.78, 5) is 19.5. The molecule has 0 aromatic carbocycles. The fourth-order valence-electron chi connectivity index (χ4n) is 2.05. The molecule has 3 N–H and O–H groups in total. The van der Waals surface area contributed by atoms with Crippen molar-refractivity contribution in [2.75, 3.05) is 18.4 Å². The smallest absolute Gasteiger partial charge is 0.182 e. The maximum absolute atomic E-state index is 4.22. The molecule has 0 aliphatic rings. The molecular formula is C14H17N7. The number of pyridine rings is 1. The second-order valence-electron chi connectivity index (χ2n) is 4.64. The van der Waals surface area contributed by atoms with Gasteiger partial charge in [-0.25, -0.2) is 15.0 Å². The first kappa shape index (κ1) is 13.4. The van der Waals surface area contributed by atoms with Crippen LogP contribution in [0.3, 0.4) is 0 Å². The summed E-state index contributed by atoms with van der Waals surface area (Å²) < 4.78 is 0. The van der Waals surface area contributed by atoms with Crippen molar-refractivity contribution in [2.24, 2.45) is 0 Å². The normalized spacial score (nSPS) is 10.9. The quantitative estimate of drug-likeness (QED) is 0.567. The lowest BCUT2D eigenvalue weighted by Crippen LogP contribution is -2.18. The van der Waals surface area contributed by atoms with Crippen LogP contribution >= 0.6 is 0 Å². The molecule has 108 valence electrons. The van der Waals surface area contributed by atoms with E-state index in [-0.39, 0.29) is 0 Å². The van der Waals surface area contributed by atoms with Crippen LogP contribution in [0.2, 0.25) is 0 Å². The predicted molar refractivity (Wildman–Crippen MR) is 80.7 cm³/mol. The van der Waals surface area contributed by atoms with Crippen molar-refractivity contribution in [3.05, 3.63) is 42.7 Å². The van der Waals surface area contributed by atoms with E-state index in [0.29, 0.717) is 5.65 Å². The van der Waals surface area contributed by atoms with Crippen molar-refractivity contribution in [3.63, 3.8) is 0 Å². The topological polar surface area (TPSA) is 91.4 Å². The van der Waals surface area contributed by atoms with E-state index in [2.05, 4.69) is 41.6 Å². The molecule has 0 spiro atoms. The van der Waals surface area contributed by atoms with E-state index in [4.69, 9.17) is 0 Å². The van der Waals surface area contributed by atoms with Gasteiger partial charge >= 0.3 is 0 Å². The van der Waals surface area contributed by atoms with Gasteiger partial charge in [0.2, 0.25) is 0 Å². The Morgan fingerprint density at radius 3 is 3.05 bits per heavy atom. The molecule has 0 unspecified atom stereocenters. The molecule has 21 heavy (non-hydrogen) atoms. The molecule has 3 heterocycles. The standard InChI is InChI=1S/C14H17N7/c1-3-11(7-15-4-1)8-16-5-2-6-17-13-12-14(19-9-18-12)21-10-20-13/h1,3-4,7,9-10,16H,2,5-6,8H2,(H2,17,18,19,20,21). The highest BCUT2D eigenvalue weighted by Crippen LogP contribution is 2.13. The van der Waals surface area contributed by atoms with Crippen molar-refractivity contribution in [2.45, 2.75) is 13.0 Å². The molecule has 3 aromatic heterocycles. The summed E-state index contributed by atoms with van der Waals surface area (Å²) in [7, 11) is 0. The second-order valence-corrected chi connectivity index (χ2v) is 4.64. The Kier molecular flexibility index (Phi) is 4.33. The molecule has 3 aromatic rings. The Bertz CT molecular complexity index is 680. The Balaban J connectivity index is 1.40. The lowest BCUT2D eigenvalue weighted by Gasteiger charge is -2.07. The van der Waals surface area contributed by atoms with Crippen LogP contribution in [-0.4, -0.2) is 38.0 Å². The minimum Gasteiger partial charge on any atom is -0.368 e. The summed E-state index contributed by atoms with van der Waals surface area (Å²) in [6.07, 6.45) is 7.80. The van der Waals surface area contributed by atoms with Crippen LogP contribution in [0.15, 0.2) is 37.2 Å². The number of nitrogens with one attached hydrogen (secondary N) is 3. The summed E-state index contributed by atoms with van der Waals surface area (Å²) in [5.74, 6) is 0.796. The third-order valence-electron chi connectivity index (χ3n) is 3.10. The van der Waals surface area contributed by atoms with E-state index in [1.54, 1.807) is 12.5 Å². The number of H-pyrrole nitrogens is 1. The van der Waals surface area contributed by atoms with Crippen molar-refractivity contribution >= 4 is 17.0 Å². The molecule has 0 radical (unpaired) electrons. The van der Waals surface area contributed by atoms with Gasteiger partial charge in [0.15, 0.2) is 11.5 Å². The zero-order valence-electron chi connectivity index (χ0n) is 11.6. The molecular weight excluding hydrogens is 266 g/mol. The highest BCUT2D eigenvalue weighted by molar-refractivity contribution is 5.81. The minimum absolute atomic E-state index is 0.683. The van der Waals surface area contributed by atoms with Gasteiger partial charge in [-0.2, -0.15) is 0 Å². The van der Waals surface area contributed by atoms with Crippen LogP contribution in [0.25, 0.3) is 11.2 Å². The molecule has 0 atom stereocenters. The van der Waals surface area contributed by atoms with Gasteiger partial charge in [-0.15, -0.1) is 0 Å². The van der Waals surface area contributed by atoms with Crippen LogP contribution in [0, 0.1) is 0 Å². The van der Waals surface area contributed by atoms with E-state index in [0.717, 1.165) is 37.4 Å². The summed E-state index contributed by atoms with van der Waals surface area (Å²) >= 11 is 0. The Morgan fingerprint density at radius 1 is 1.14 bits per heavy atom. The van der Waals surface area contributed by atoms with Crippen LogP contribution in [0.5, 0.6) is 0 Å². The van der Waals surface area contributed by atoms with E-state index in [9.17, 15) is 0 Å². The fraction of sp³-hybridized carbons (Fsp3) is 0.286. The monoisotopic (exact) mass is 283 g/mol. The van der Waals surface area contributed by atoms with Crippen molar-refractivity contribution in [3.8, 4) is 0 Å². The summed E-state index contributed by atoms with van der Waals surface area (Å²) in [5.41, 5.74) is 2.73. The van der Waals surface area contributed by atoms with Gasteiger partial charge in [-0.3, -0.25) is 4.98 Å². The van der Waals surface area contributed by atoms with Gasteiger partial charge in [0.1, 0.15) is 11.8 Å².